The SMILES string of the molecule is CCc1nc(CN2CCN(C(=O)c3cc(N(C)C)ccn3)CC2)no1. The smallest absolute Gasteiger partial charge is 0.272 e. The van der Waals surface area contributed by atoms with Gasteiger partial charge >= 0.3 is 0 Å². The second kappa shape index (κ2) is 7.60. The van der Waals surface area contributed by atoms with Crippen molar-refractivity contribution in [2.24, 2.45) is 0 Å². The lowest BCUT2D eigenvalue weighted by Gasteiger charge is -2.33. The number of aromatic nitrogens is 3. The van der Waals surface area contributed by atoms with Crippen LogP contribution in [0.2, 0.25) is 0 Å². The van der Waals surface area contributed by atoms with E-state index in [4.69, 9.17) is 4.52 Å². The van der Waals surface area contributed by atoms with Crippen LogP contribution in [-0.4, -0.2) is 71.1 Å². The fourth-order valence-corrected chi connectivity index (χ4v) is 2.78. The Morgan fingerprint density at radius 2 is 2.04 bits per heavy atom. The van der Waals surface area contributed by atoms with Crippen LogP contribution in [0.1, 0.15) is 29.1 Å². The fourth-order valence-electron chi connectivity index (χ4n) is 2.78. The maximum atomic E-state index is 12.7. The molecule has 1 aliphatic rings. The van der Waals surface area contributed by atoms with E-state index >= 15 is 0 Å². The predicted molar refractivity (Wildman–Crippen MR) is 93.4 cm³/mol. The van der Waals surface area contributed by atoms with E-state index in [-0.39, 0.29) is 5.91 Å². The van der Waals surface area contributed by atoms with Gasteiger partial charge in [0.2, 0.25) is 5.89 Å². The van der Waals surface area contributed by atoms with E-state index in [9.17, 15) is 4.79 Å². The van der Waals surface area contributed by atoms with E-state index in [1.165, 1.54) is 0 Å². The number of piperazine rings is 1. The molecule has 1 aliphatic heterocycles. The predicted octanol–water partition coefficient (Wildman–Crippen LogP) is 1.05. The third-order valence-corrected chi connectivity index (χ3v) is 4.32. The highest BCUT2D eigenvalue weighted by atomic mass is 16.5. The molecule has 1 amide bonds. The van der Waals surface area contributed by atoms with Crippen LogP contribution in [-0.2, 0) is 13.0 Å². The minimum absolute atomic E-state index is 0.0174. The Morgan fingerprint density at radius 3 is 2.68 bits per heavy atom. The van der Waals surface area contributed by atoms with Crippen molar-refractivity contribution >= 4 is 11.6 Å². The van der Waals surface area contributed by atoms with Crippen molar-refractivity contribution in [2.45, 2.75) is 19.9 Å². The lowest BCUT2D eigenvalue weighted by molar-refractivity contribution is 0.0618. The number of nitrogens with zero attached hydrogens (tertiary/aromatic N) is 6. The molecule has 25 heavy (non-hydrogen) atoms. The van der Waals surface area contributed by atoms with E-state index in [1.54, 1.807) is 6.20 Å². The maximum absolute atomic E-state index is 12.7. The molecule has 0 saturated carbocycles. The third-order valence-electron chi connectivity index (χ3n) is 4.32. The molecule has 0 radical (unpaired) electrons. The molecule has 0 unspecified atom stereocenters. The minimum Gasteiger partial charge on any atom is -0.378 e. The summed E-state index contributed by atoms with van der Waals surface area (Å²) in [6.45, 7) is 5.56. The van der Waals surface area contributed by atoms with E-state index in [0.717, 1.165) is 25.2 Å². The summed E-state index contributed by atoms with van der Waals surface area (Å²) in [6, 6.07) is 3.73. The Morgan fingerprint density at radius 1 is 1.28 bits per heavy atom. The average Bonchev–Trinajstić information content (AvgIpc) is 3.09. The van der Waals surface area contributed by atoms with Crippen molar-refractivity contribution in [3.05, 3.63) is 35.7 Å². The zero-order chi connectivity index (χ0) is 17.8. The fraction of sp³-hybridized carbons (Fsp3) is 0.529. The number of rotatable bonds is 5. The van der Waals surface area contributed by atoms with Gasteiger partial charge in [-0.15, -0.1) is 0 Å². The normalized spacial score (nSPS) is 15.4. The summed E-state index contributed by atoms with van der Waals surface area (Å²) in [6.07, 6.45) is 2.43. The molecule has 3 rings (SSSR count). The highest BCUT2D eigenvalue weighted by molar-refractivity contribution is 5.93. The summed E-state index contributed by atoms with van der Waals surface area (Å²) in [5, 5.41) is 3.99. The number of carbonyl (C=O) groups is 1. The first-order valence-electron chi connectivity index (χ1n) is 8.53. The van der Waals surface area contributed by atoms with Crippen molar-refractivity contribution in [3.63, 3.8) is 0 Å². The van der Waals surface area contributed by atoms with Gasteiger partial charge in [0.05, 0.1) is 6.54 Å². The summed E-state index contributed by atoms with van der Waals surface area (Å²) in [5.41, 5.74) is 1.46. The molecule has 0 N–H and O–H groups in total. The van der Waals surface area contributed by atoms with Crippen molar-refractivity contribution in [2.75, 3.05) is 45.2 Å². The number of anilines is 1. The highest BCUT2D eigenvalue weighted by Gasteiger charge is 2.24. The molecular formula is C17H24N6O2. The summed E-state index contributed by atoms with van der Waals surface area (Å²) < 4.78 is 5.14. The number of carbonyl (C=O) groups excluding carboxylic acids is 1. The molecule has 0 bridgehead atoms. The molecule has 2 aromatic rings. The van der Waals surface area contributed by atoms with Gasteiger partial charge in [-0.25, -0.2) is 0 Å². The Bertz CT molecular complexity index is 721. The molecule has 0 aliphatic carbocycles. The summed E-state index contributed by atoms with van der Waals surface area (Å²) in [5.74, 6) is 1.35. The van der Waals surface area contributed by atoms with Gasteiger partial charge in [-0.3, -0.25) is 14.7 Å². The average molecular weight is 344 g/mol. The number of pyridine rings is 1. The Balaban J connectivity index is 1.56. The molecule has 1 saturated heterocycles. The second-order valence-corrected chi connectivity index (χ2v) is 6.32. The molecule has 8 nitrogen and oxygen atoms in total. The summed E-state index contributed by atoms with van der Waals surface area (Å²) in [7, 11) is 3.90. The Hall–Kier alpha value is -2.48. The van der Waals surface area contributed by atoms with Crippen LogP contribution in [0.5, 0.6) is 0 Å². The molecule has 0 spiro atoms. The molecule has 3 heterocycles. The highest BCUT2D eigenvalue weighted by Crippen LogP contribution is 2.14. The van der Waals surface area contributed by atoms with Crippen molar-refractivity contribution in [3.8, 4) is 0 Å². The molecule has 0 aromatic carbocycles. The second-order valence-electron chi connectivity index (χ2n) is 6.32. The molecule has 8 heteroatoms. The quantitative estimate of drug-likeness (QED) is 0.802. The van der Waals surface area contributed by atoms with E-state index in [0.29, 0.717) is 37.0 Å². The Labute approximate surface area is 147 Å². The zero-order valence-corrected chi connectivity index (χ0v) is 15.0. The van der Waals surface area contributed by atoms with Gasteiger partial charge in [0.25, 0.3) is 5.91 Å². The van der Waals surface area contributed by atoms with Crippen LogP contribution in [0.4, 0.5) is 5.69 Å². The first-order valence-corrected chi connectivity index (χ1v) is 8.53. The van der Waals surface area contributed by atoms with Gasteiger partial charge in [0.1, 0.15) is 5.69 Å². The van der Waals surface area contributed by atoms with Gasteiger partial charge in [-0.05, 0) is 12.1 Å². The number of hydrogen-bond donors (Lipinski definition) is 0. The first kappa shape index (κ1) is 17.3. The lowest BCUT2D eigenvalue weighted by atomic mass is 10.2. The van der Waals surface area contributed by atoms with Gasteiger partial charge in [0, 0.05) is 58.6 Å². The van der Waals surface area contributed by atoms with Gasteiger partial charge in [0.15, 0.2) is 5.82 Å². The standard InChI is InChI=1S/C17H24N6O2/c1-4-16-19-15(20-25-16)12-22-7-9-23(10-8-22)17(24)14-11-13(21(2)3)5-6-18-14/h5-6,11H,4,7-10,12H2,1-3H3. The Kier molecular flexibility index (Phi) is 5.28. The van der Waals surface area contributed by atoms with Crippen LogP contribution in [0.3, 0.4) is 0 Å². The first-order chi connectivity index (χ1) is 12.1. The van der Waals surface area contributed by atoms with Crippen LogP contribution < -0.4 is 4.90 Å². The molecular weight excluding hydrogens is 320 g/mol. The third kappa shape index (κ3) is 4.14. The molecule has 1 fully saturated rings. The van der Waals surface area contributed by atoms with E-state index < -0.39 is 0 Å². The summed E-state index contributed by atoms with van der Waals surface area (Å²) >= 11 is 0. The van der Waals surface area contributed by atoms with Crippen LogP contribution >= 0.6 is 0 Å². The minimum atomic E-state index is -0.0174. The van der Waals surface area contributed by atoms with Crippen molar-refractivity contribution < 1.29 is 9.32 Å². The van der Waals surface area contributed by atoms with Crippen molar-refractivity contribution in [1.29, 1.82) is 0 Å². The van der Waals surface area contributed by atoms with E-state index in [2.05, 4.69) is 20.0 Å². The molecule has 0 atom stereocenters. The molecule has 134 valence electrons. The zero-order valence-electron chi connectivity index (χ0n) is 15.0. The van der Waals surface area contributed by atoms with Gasteiger partial charge in [-0.2, -0.15) is 4.98 Å². The number of hydrogen-bond acceptors (Lipinski definition) is 7. The van der Waals surface area contributed by atoms with Crippen molar-refractivity contribution in [1.82, 2.24) is 24.9 Å². The van der Waals surface area contributed by atoms with Gasteiger partial charge in [-0.1, -0.05) is 12.1 Å². The van der Waals surface area contributed by atoms with Gasteiger partial charge < -0.3 is 14.3 Å². The molecule has 2 aromatic heterocycles. The topological polar surface area (TPSA) is 78.6 Å². The lowest BCUT2D eigenvalue weighted by Crippen LogP contribution is -2.48. The van der Waals surface area contributed by atoms with Crippen LogP contribution in [0, 0.1) is 0 Å². The van der Waals surface area contributed by atoms with Crippen LogP contribution in [0.25, 0.3) is 0 Å². The summed E-state index contributed by atoms with van der Waals surface area (Å²) in [4.78, 5) is 27.3. The number of amides is 1. The largest absolute Gasteiger partial charge is 0.378 e. The van der Waals surface area contributed by atoms with E-state index in [1.807, 2.05) is 43.0 Å². The van der Waals surface area contributed by atoms with Crippen LogP contribution in [0.15, 0.2) is 22.9 Å². The number of aryl methyl sites for hydroxylation is 1. The maximum Gasteiger partial charge on any atom is 0.272 e. The monoisotopic (exact) mass is 344 g/mol.